The lowest BCUT2D eigenvalue weighted by atomic mass is 10.0. The second-order valence-corrected chi connectivity index (χ2v) is 7.41. The van der Waals surface area contributed by atoms with Crippen molar-refractivity contribution in [2.45, 2.75) is 50.1 Å². The Bertz CT molecular complexity index is 516. The van der Waals surface area contributed by atoms with Crippen molar-refractivity contribution >= 4 is 10.0 Å². The van der Waals surface area contributed by atoms with E-state index in [9.17, 15) is 8.42 Å². The highest BCUT2D eigenvalue weighted by Crippen LogP contribution is 2.24. The van der Waals surface area contributed by atoms with Crippen LogP contribution >= 0.6 is 0 Å². The smallest absolute Gasteiger partial charge is 0.244 e. The van der Waals surface area contributed by atoms with E-state index in [0.717, 1.165) is 19.3 Å². The minimum atomic E-state index is -3.43. The molecular formula is C14H23N3O2S. The molecule has 2 rings (SSSR count). The molecule has 0 radical (unpaired) electrons. The highest BCUT2D eigenvalue weighted by atomic mass is 32.2. The summed E-state index contributed by atoms with van der Waals surface area (Å²) in [6.45, 7) is 5.45. The monoisotopic (exact) mass is 297 g/mol. The fraction of sp³-hybridized carbons (Fsp3) is 0.643. The van der Waals surface area contributed by atoms with Gasteiger partial charge in [-0.05, 0) is 25.0 Å². The van der Waals surface area contributed by atoms with Crippen molar-refractivity contribution in [3.8, 4) is 0 Å². The Kier molecular flexibility index (Phi) is 5.12. The van der Waals surface area contributed by atoms with E-state index in [1.54, 1.807) is 22.6 Å². The van der Waals surface area contributed by atoms with Gasteiger partial charge in [-0.1, -0.05) is 20.3 Å². The number of pyridine rings is 1. The molecule has 20 heavy (non-hydrogen) atoms. The van der Waals surface area contributed by atoms with E-state index in [1.807, 2.05) is 0 Å². The first kappa shape index (κ1) is 15.4. The van der Waals surface area contributed by atoms with E-state index in [1.165, 1.54) is 6.20 Å². The zero-order chi connectivity index (χ0) is 14.6. The summed E-state index contributed by atoms with van der Waals surface area (Å²) in [5, 5.41) is 3.35. The van der Waals surface area contributed by atoms with Gasteiger partial charge >= 0.3 is 0 Å². The number of nitrogens with one attached hydrogen (secondary N) is 1. The highest BCUT2D eigenvalue weighted by molar-refractivity contribution is 7.89. The molecule has 1 N–H and O–H groups in total. The molecular weight excluding hydrogens is 274 g/mol. The fourth-order valence-corrected chi connectivity index (χ4v) is 4.16. The number of hydrogen-bond donors (Lipinski definition) is 1. The standard InChI is InChI=1S/C14H23N3O2S/c1-12(2)16-10-13-6-3-4-9-17(13)20(18,19)14-7-5-8-15-11-14/h5,7-8,11-13,16H,3-4,6,9-10H2,1-2H3. The summed E-state index contributed by atoms with van der Waals surface area (Å²) in [4.78, 5) is 4.21. The minimum absolute atomic E-state index is 0.0383. The summed E-state index contributed by atoms with van der Waals surface area (Å²) in [5.74, 6) is 0. The van der Waals surface area contributed by atoms with Gasteiger partial charge in [-0.15, -0.1) is 0 Å². The van der Waals surface area contributed by atoms with Crippen molar-refractivity contribution in [3.63, 3.8) is 0 Å². The van der Waals surface area contributed by atoms with Crippen molar-refractivity contribution in [3.05, 3.63) is 24.5 Å². The van der Waals surface area contributed by atoms with Gasteiger partial charge < -0.3 is 5.32 Å². The molecule has 6 heteroatoms. The summed E-state index contributed by atoms with van der Waals surface area (Å²) >= 11 is 0. The number of sulfonamides is 1. The van der Waals surface area contributed by atoms with Crippen LogP contribution in [-0.4, -0.2) is 42.9 Å². The summed E-state index contributed by atoms with van der Waals surface area (Å²) in [6, 6.07) is 3.68. The Morgan fingerprint density at radius 3 is 2.90 bits per heavy atom. The predicted molar refractivity (Wildman–Crippen MR) is 78.9 cm³/mol. The molecule has 1 fully saturated rings. The van der Waals surface area contributed by atoms with Crippen LogP contribution in [0.1, 0.15) is 33.1 Å². The van der Waals surface area contributed by atoms with Gasteiger partial charge in [0, 0.05) is 37.6 Å². The number of nitrogens with zero attached hydrogens (tertiary/aromatic N) is 2. The molecule has 2 heterocycles. The lowest BCUT2D eigenvalue weighted by Gasteiger charge is -2.35. The van der Waals surface area contributed by atoms with Gasteiger partial charge in [-0.3, -0.25) is 4.98 Å². The molecule has 5 nitrogen and oxygen atoms in total. The second-order valence-electron chi connectivity index (χ2n) is 5.52. The van der Waals surface area contributed by atoms with E-state index in [-0.39, 0.29) is 10.9 Å². The van der Waals surface area contributed by atoms with Gasteiger partial charge in [0.1, 0.15) is 4.90 Å². The highest BCUT2D eigenvalue weighted by Gasteiger charge is 2.33. The van der Waals surface area contributed by atoms with Crippen LogP contribution in [0.3, 0.4) is 0 Å². The van der Waals surface area contributed by atoms with Gasteiger partial charge in [0.2, 0.25) is 10.0 Å². The molecule has 1 aromatic rings. The van der Waals surface area contributed by atoms with Crippen molar-refractivity contribution < 1.29 is 8.42 Å². The predicted octanol–water partition coefficient (Wildman–Crippen LogP) is 1.62. The van der Waals surface area contributed by atoms with Crippen molar-refractivity contribution in [1.82, 2.24) is 14.6 Å². The molecule has 1 aliphatic heterocycles. The average molecular weight is 297 g/mol. The van der Waals surface area contributed by atoms with Gasteiger partial charge in [0.05, 0.1) is 0 Å². The van der Waals surface area contributed by atoms with Crippen molar-refractivity contribution in [2.75, 3.05) is 13.1 Å². The summed E-state index contributed by atoms with van der Waals surface area (Å²) < 4.78 is 27.0. The molecule has 0 spiro atoms. The van der Waals surface area contributed by atoms with Crippen molar-refractivity contribution in [2.24, 2.45) is 0 Å². The largest absolute Gasteiger partial charge is 0.313 e. The molecule has 1 aliphatic rings. The number of rotatable bonds is 5. The summed E-state index contributed by atoms with van der Waals surface area (Å²) in [5.41, 5.74) is 0. The third kappa shape index (κ3) is 3.56. The van der Waals surface area contributed by atoms with Gasteiger partial charge in [-0.25, -0.2) is 8.42 Å². The molecule has 0 bridgehead atoms. The number of hydrogen-bond acceptors (Lipinski definition) is 4. The van der Waals surface area contributed by atoms with Crippen molar-refractivity contribution in [1.29, 1.82) is 0 Å². The van der Waals surface area contributed by atoms with Crippen LogP contribution in [-0.2, 0) is 10.0 Å². The second kappa shape index (κ2) is 6.65. The molecule has 1 saturated heterocycles. The van der Waals surface area contributed by atoms with Crippen LogP contribution in [0.2, 0.25) is 0 Å². The van der Waals surface area contributed by atoms with Crippen LogP contribution in [0.5, 0.6) is 0 Å². The molecule has 1 unspecified atom stereocenters. The normalized spacial score (nSPS) is 21.2. The van der Waals surface area contributed by atoms with E-state index < -0.39 is 10.0 Å². The Labute approximate surface area is 121 Å². The topological polar surface area (TPSA) is 62.3 Å². The summed E-state index contributed by atoms with van der Waals surface area (Å²) in [6.07, 6.45) is 5.95. The van der Waals surface area contributed by atoms with E-state index in [2.05, 4.69) is 24.1 Å². The Balaban J connectivity index is 2.19. The van der Waals surface area contributed by atoms with E-state index in [4.69, 9.17) is 0 Å². The average Bonchev–Trinajstić information content (AvgIpc) is 2.46. The van der Waals surface area contributed by atoms with Gasteiger partial charge in [0.15, 0.2) is 0 Å². The lowest BCUT2D eigenvalue weighted by molar-refractivity contribution is 0.242. The van der Waals surface area contributed by atoms with Gasteiger partial charge in [-0.2, -0.15) is 4.31 Å². The zero-order valence-corrected chi connectivity index (χ0v) is 12.9. The molecule has 0 aromatic carbocycles. The van der Waals surface area contributed by atoms with E-state index >= 15 is 0 Å². The van der Waals surface area contributed by atoms with Crippen LogP contribution in [0.15, 0.2) is 29.4 Å². The maximum absolute atomic E-state index is 12.7. The number of aromatic nitrogens is 1. The van der Waals surface area contributed by atoms with Gasteiger partial charge in [0.25, 0.3) is 0 Å². The molecule has 1 aromatic heterocycles. The molecule has 0 aliphatic carbocycles. The Hall–Kier alpha value is -0.980. The minimum Gasteiger partial charge on any atom is -0.313 e. The maximum atomic E-state index is 12.7. The number of piperidine rings is 1. The van der Waals surface area contributed by atoms with Crippen LogP contribution in [0, 0.1) is 0 Å². The molecule has 0 saturated carbocycles. The third-order valence-electron chi connectivity index (χ3n) is 3.58. The molecule has 112 valence electrons. The first-order chi connectivity index (χ1) is 9.51. The van der Waals surface area contributed by atoms with Crippen LogP contribution in [0.4, 0.5) is 0 Å². The molecule has 1 atom stereocenters. The quantitative estimate of drug-likeness (QED) is 0.897. The fourth-order valence-electron chi connectivity index (χ4n) is 2.50. The maximum Gasteiger partial charge on any atom is 0.244 e. The summed E-state index contributed by atoms with van der Waals surface area (Å²) in [7, 11) is -3.43. The molecule has 0 amide bonds. The van der Waals surface area contributed by atoms with Crippen LogP contribution < -0.4 is 5.32 Å². The SMILES string of the molecule is CC(C)NCC1CCCCN1S(=O)(=O)c1cccnc1. The Morgan fingerprint density at radius 1 is 1.45 bits per heavy atom. The zero-order valence-electron chi connectivity index (χ0n) is 12.1. The van der Waals surface area contributed by atoms with E-state index in [0.29, 0.717) is 19.1 Å². The first-order valence-corrected chi connectivity index (χ1v) is 8.61. The lowest BCUT2D eigenvalue weighted by Crippen LogP contribution is -2.49. The van der Waals surface area contributed by atoms with Crippen LogP contribution in [0.25, 0.3) is 0 Å². The Morgan fingerprint density at radius 2 is 2.25 bits per heavy atom. The third-order valence-corrected chi connectivity index (χ3v) is 5.51. The first-order valence-electron chi connectivity index (χ1n) is 7.17.